The third-order valence-corrected chi connectivity index (χ3v) is 4.37. The van der Waals surface area contributed by atoms with Crippen LogP contribution in [0.25, 0.3) is 10.6 Å². The second-order valence-corrected chi connectivity index (χ2v) is 5.88. The summed E-state index contributed by atoms with van der Waals surface area (Å²) in [6.07, 6.45) is 5.31. The third kappa shape index (κ3) is 1.91. The number of aliphatic hydroxyl groups is 1. The minimum absolute atomic E-state index is 0.215. The molecule has 3 nitrogen and oxygen atoms in total. The molecule has 0 radical (unpaired) electrons. The van der Waals surface area contributed by atoms with Crippen LogP contribution in [0.15, 0.2) is 18.3 Å². The number of imidazole rings is 1. The van der Waals surface area contributed by atoms with Crippen molar-refractivity contribution >= 4 is 11.3 Å². The average Bonchev–Trinajstić information content (AvgIpc) is 2.93. The summed E-state index contributed by atoms with van der Waals surface area (Å²) >= 11 is 1.77. The van der Waals surface area contributed by atoms with Gasteiger partial charge in [-0.2, -0.15) is 0 Å². The van der Waals surface area contributed by atoms with Gasteiger partial charge in [0, 0.05) is 17.5 Å². The topological polar surface area (TPSA) is 38.0 Å². The molecule has 1 atom stereocenters. The number of thiophene rings is 1. The van der Waals surface area contributed by atoms with Crippen LogP contribution in [0.5, 0.6) is 0 Å². The van der Waals surface area contributed by atoms with E-state index in [1.165, 1.54) is 9.75 Å². The van der Waals surface area contributed by atoms with Crippen molar-refractivity contribution in [3.05, 3.63) is 29.0 Å². The predicted molar refractivity (Wildman–Crippen MR) is 69.3 cm³/mol. The van der Waals surface area contributed by atoms with Gasteiger partial charge < -0.3 is 9.67 Å². The molecule has 0 aliphatic carbocycles. The lowest BCUT2D eigenvalue weighted by molar-refractivity contribution is 0.206. The molecule has 0 amide bonds. The van der Waals surface area contributed by atoms with Crippen molar-refractivity contribution in [2.24, 2.45) is 0 Å². The standard InChI is InChI=1S/C13H16N2OS/c1-9-5-6-12(17-9)11-7-15-10(8-16)3-2-4-13(15)14-11/h5-7,10,16H,2-4,8H2,1H3. The summed E-state index contributed by atoms with van der Waals surface area (Å²) in [5, 5.41) is 9.38. The first kappa shape index (κ1) is 11.0. The highest BCUT2D eigenvalue weighted by molar-refractivity contribution is 7.15. The van der Waals surface area contributed by atoms with E-state index < -0.39 is 0 Å². The van der Waals surface area contributed by atoms with Gasteiger partial charge in [-0.1, -0.05) is 0 Å². The van der Waals surface area contributed by atoms with Gasteiger partial charge >= 0.3 is 0 Å². The van der Waals surface area contributed by atoms with Gasteiger partial charge in [-0.3, -0.25) is 0 Å². The molecule has 1 aliphatic rings. The van der Waals surface area contributed by atoms with Gasteiger partial charge in [0.25, 0.3) is 0 Å². The van der Waals surface area contributed by atoms with Crippen LogP contribution in [0, 0.1) is 6.92 Å². The maximum atomic E-state index is 9.38. The Hall–Kier alpha value is -1.13. The molecular formula is C13H16N2OS. The van der Waals surface area contributed by atoms with Gasteiger partial charge in [-0.05, 0) is 31.9 Å². The fraction of sp³-hybridized carbons (Fsp3) is 0.462. The lowest BCUT2D eigenvalue weighted by Crippen LogP contribution is -2.20. The first-order valence-electron chi connectivity index (χ1n) is 6.03. The van der Waals surface area contributed by atoms with E-state index in [1.807, 2.05) is 0 Å². The van der Waals surface area contributed by atoms with Crippen molar-refractivity contribution in [2.45, 2.75) is 32.2 Å². The lowest BCUT2D eigenvalue weighted by Gasteiger charge is -2.22. The predicted octanol–water partition coefficient (Wildman–Crippen LogP) is 2.79. The molecule has 0 saturated heterocycles. The van der Waals surface area contributed by atoms with Crippen LogP contribution in [-0.4, -0.2) is 21.3 Å². The molecule has 1 N–H and O–H groups in total. The fourth-order valence-corrected chi connectivity index (χ4v) is 3.26. The van der Waals surface area contributed by atoms with Crippen molar-refractivity contribution in [1.82, 2.24) is 9.55 Å². The minimum atomic E-state index is 0.215. The SMILES string of the molecule is Cc1ccc(-c2cn3c(n2)CCCC3CO)s1. The summed E-state index contributed by atoms with van der Waals surface area (Å²) in [4.78, 5) is 7.23. The van der Waals surface area contributed by atoms with Crippen molar-refractivity contribution in [3.63, 3.8) is 0 Å². The summed E-state index contributed by atoms with van der Waals surface area (Å²) in [6.45, 7) is 2.33. The molecule has 0 fully saturated rings. The molecule has 0 bridgehead atoms. The fourth-order valence-electron chi connectivity index (χ4n) is 2.44. The molecule has 90 valence electrons. The number of aliphatic hydroxyl groups excluding tert-OH is 1. The van der Waals surface area contributed by atoms with Gasteiger partial charge in [0.2, 0.25) is 0 Å². The second kappa shape index (κ2) is 4.27. The molecule has 17 heavy (non-hydrogen) atoms. The van der Waals surface area contributed by atoms with Crippen LogP contribution in [0.3, 0.4) is 0 Å². The van der Waals surface area contributed by atoms with E-state index in [-0.39, 0.29) is 12.6 Å². The molecule has 0 spiro atoms. The molecule has 2 aromatic heterocycles. The third-order valence-electron chi connectivity index (χ3n) is 3.34. The van der Waals surface area contributed by atoms with Crippen LogP contribution in [-0.2, 0) is 6.42 Å². The number of aryl methyl sites for hydroxylation is 2. The first-order chi connectivity index (χ1) is 8.28. The average molecular weight is 248 g/mol. The molecule has 0 saturated carbocycles. The number of hydrogen-bond acceptors (Lipinski definition) is 3. The molecule has 3 heterocycles. The molecule has 1 aliphatic heterocycles. The normalized spacial score (nSPS) is 19.3. The Labute approximate surface area is 105 Å². The van der Waals surface area contributed by atoms with E-state index >= 15 is 0 Å². The molecule has 4 heteroatoms. The number of rotatable bonds is 2. The van der Waals surface area contributed by atoms with Crippen molar-refractivity contribution in [3.8, 4) is 10.6 Å². The smallest absolute Gasteiger partial charge is 0.109 e. The van der Waals surface area contributed by atoms with Gasteiger partial charge in [-0.15, -0.1) is 11.3 Å². The van der Waals surface area contributed by atoms with Gasteiger partial charge in [0.15, 0.2) is 0 Å². The van der Waals surface area contributed by atoms with E-state index in [0.717, 1.165) is 30.8 Å². The summed E-state index contributed by atoms with van der Waals surface area (Å²) in [7, 11) is 0. The van der Waals surface area contributed by atoms with Crippen LogP contribution in [0.4, 0.5) is 0 Å². The van der Waals surface area contributed by atoms with Crippen molar-refractivity contribution in [1.29, 1.82) is 0 Å². The Morgan fingerprint density at radius 3 is 3.12 bits per heavy atom. The van der Waals surface area contributed by atoms with Crippen LogP contribution >= 0.6 is 11.3 Å². The molecule has 1 unspecified atom stereocenters. The monoisotopic (exact) mass is 248 g/mol. The van der Waals surface area contributed by atoms with Gasteiger partial charge in [-0.25, -0.2) is 4.98 Å². The van der Waals surface area contributed by atoms with E-state index in [9.17, 15) is 5.11 Å². The van der Waals surface area contributed by atoms with Gasteiger partial charge in [0.05, 0.1) is 23.2 Å². The van der Waals surface area contributed by atoms with Crippen LogP contribution < -0.4 is 0 Å². The Morgan fingerprint density at radius 2 is 2.41 bits per heavy atom. The maximum absolute atomic E-state index is 9.38. The summed E-state index contributed by atoms with van der Waals surface area (Å²) < 4.78 is 2.16. The largest absolute Gasteiger partial charge is 0.394 e. The quantitative estimate of drug-likeness (QED) is 0.887. The Morgan fingerprint density at radius 1 is 1.53 bits per heavy atom. The highest BCUT2D eigenvalue weighted by Gasteiger charge is 2.21. The van der Waals surface area contributed by atoms with E-state index in [4.69, 9.17) is 4.98 Å². The molecule has 3 rings (SSSR count). The highest BCUT2D eigenvalue weighted by atomic mass is 32.1. The maximum Gasteiger partial charge on any atom is 0.109 e. The van der Waals surface area contributed by atoms with Crippen molar-refractivity contribution < 1.29 is 5.11 Å². The zero-order chi connectivity index (χ0) is 11.8. The zero-order valence-corrected chi connectivity index (χ0v) is 10.7. The number of fused-ring (bicyclic) bond motifs is 1. The van der Waals surface area contributed by atoms with Crippen LogP contribution in [0.1, 0.15) is 29.6 Å². The minimum Gasteiger partial charge on any atom is -0.394 e. The number of hydrogen-bond donors (Lipinski definition) is 1. The van der Waals surface area contributed by atoms with Crippen molar-refractivity contribution in [2.75, 3.05) is 6.61 Å². The first-order valence-corrected chi connectivity index (χ1v) is 6.85. The summed E-state index contributed by atoms with van der Waals surface area (Å²) in [5.41, 5.74) is 1.05. The Bertz CT molecular complexity index is 529. The zero-order valence-electron chi connectivity index (χ0n) is 9.89. The van der Waals surface area contributed by atoms with E-state index in [1.54, 1.807) is 11.3 Å². The molecule has 0 aromatic carbocycles. The number of nitrogens with zero attached hydrogens (tertiary/aromatic N) is 2. The Balaban J connectivity index is 2.01. The van der Waals surface area contributed by atoms with Gasteiger partial charge in [0.1, 0.15) is 5.82 Å². The molecular weight excluding hydrogens is 232 g/mol. The molecule has 2 aromatic rings. The van der Waals surface area contributed by atoms with E-state index in [2.05, 4.69) is 29.8 Å². The summed E-state index contributed by atoms with van der Waals surface area (Å²) in [5.74, 6) is 1.12. The van der Waals surface area contributed by atoms with E-state index in [0.29, 0.717) is 0 Å². The summed E-state index contributed by atoms with van der Waals surface area (Å²) in [6, 6.07) is 4.48. The number of aromatic nitrogens is 2. The Kier molecular flexibility index (Phi) is 2.76. The van der Waals surface area contributed by atoms with Crippen LogP contribution in [0.2, 0.25) is 0 Å². The lowest BCUT2D eigenvalue weighted by atomic mass is 10.1. The second-order valence-electron chi connectivity index (χ2n) is 4.59. The highest BCUT2D eigenvalue weighted by Crippen LogP contribution is 2.31.